The molecule has 0 bridgehead atoms. The number of sulfonamides is 1. The van der Waals surface area contributed by atoms with E-state index in [1.54, 1.807) is 61.7 Å². The first kappa shape index (κ1) is 24.9. The summed E-state index contributed by atoms with van der Waals surface area (Å²) < 4.78 is 44.6. The molecule has 36 heavy (non-hydrogen) atoms. The van der Waals surface area contributed by atoms with Crippen LogP contribution in [-0.4, -0.2) is 42.6 Å². The van der Waals surface area contributed by atoms with Crippen LogP contribution in [0.2, 0.25) is 5.15 Å². The van der Waals surface area contributed by atoms with E-state index in [9.17, 15) is 8.42 Å². The summed E-state index contributed by atoms with van der Waals surface area (Å²) in [6.45, 7) is 0. The Balaban J connectivity index is 1.72. The molecular formula is C24H20ClN5O5S. The fourth-order valence-corrected chi connectivity index (χ4v) is 3.98. The van der Waals surface area contributed by atoms with Gasteiger partial charge in [0, 0.05) is 12.4 Å². The van der Waals surface area contributed by atoms with Crippen molar-refractivity contribution in [3.8, 4) is 34.6 Å². The molecule has 4 rings (SSSR count). The summed E-state index contributed by atoms with van der Waals surface area (Å²) in [5.74, 6) is 1.16. The number of nitrogens with one attached hydrogen (secondary N) is 1. The van der Waals surface area contributed by atoms with Crippen molar-refractivity contribution in [1.82, 2.24) is 19.9 Å². The van der Waals surface area contributed by atoms with Crippen LogP contribution in [-0.2, 0) is 10.0 Å². The Morgan fingerprint density at radius 1 is 0.861 bits per heavy atom. The van der Waals surface area contributed by atoms with Crippen LogP contribution in [0.15, 0.2) is 72.4 Å². The van der Waals surface area contributed by atoms with Crippen molar-refractivity contribution >= 4 is 33.5 Å². The predicted octanol–water partition coefficient (Wildman–Crippen LogP) is 4.81. The van der Waals surface area contributed by atoms with E-state index in [1.165, 1.54) is 25.6 Å². The summed E-state index contributed by atoms with van der Waals surface area (Å²) in [7, 11) is -1.03. The number of methoxy groups -OCH3 is 2. The highest BCUT2D eigenvalue weighted by Gasteiger charge is 2.22. The van der Waals surface area contributed by atoms with Gasteiger partial charge in [0.2, 0.25) is 11.6 Å². The molecule has 184 valence electrons. The van der Waals surface area contributed by atoms with E-state index in [0.717, 1.165) is 5.41 Å². The molecule has 0 fully saturated rings. The van der Waals surface area contributed by atoms with Crippen LogP contribution in [0, 0.1) is 0 Å². The minimum atomic E-state index is -4.06. The van der Waals surface area contributed by atoms with Crippen LogP contribution in [0.4, 0.5) is 5.82 Å². The van der Waals surface area contributed by atoms with Crippen molar-refractivity contribution in [2.75, 3.05) is 18.9 Å². The molecule has 0 spiro atoms. The SMILES string of the molecule is COc1ccc(/C=C/S(=O)(=O)Nc2nc(-c3ncccn3)nc(Cl)c2Oc2ccccc2OC)cc1. The maximum absolute atomic E-state index is 12.9. The number of rotatable bonds is 9. The molecule has 12 heteroatoms. The molecule has 2 heterocycles. The third-order valence-electron chi connectivity index (χ3n) is 4.67. The number of ether oxygens (including phenoxy) is 3. The minimum Gasteiger partial charge on any atom is -0.497 e. The highest BCUT2D eigenvalue weighted by Crippen LogP contribution is 2.39. The van der Waals surface area contributed by atoms with Gasteiger partial charge in [-0.2, -0.15) is 0 Å². The van der Waals surface area contributed by atoms with E-state index in [0.29, 0.717) is 17.1 Å². The Labute approximate surface area is 212 Å². The maximum Gasteiger partial charge on any atom is 0.256 e. The Hall–Kier alpha value is -4.22. The molecule has 0 aliphatic rings. The number of aromatic nitrogens is 4. The fraction of sp³-hybridized carbons (Fsp3) is 0.0833. The molecule has 0 radical (unpaired) electrons. The first-order valence-electron chi connectivity index (χ1n) is 10.4. The van der Waals surface area contributed by atoms with E-state index in [4.69, 9.17) is 25.8 Å². The summed E-state index contributed by atoms with van der Waals surface area (Å²) in [5.41, 5.74) is 0.644. The Bertz CT molecular complexity index is 1480. The van der Waals surface area contributed by atoms with Gasteiger partial charge >= 0.3 is 0 Å². The molecule has 0 amide bonds. The maximum atomic E-state index is 12.9. The summed E-state index contributed by atoms with van der Waals surface area (Å²) >= 11 is 6.42. The number of para-hydroxylation sites is 2. The molecule has 0 atom stereocenters. The Kier molecular flexibility index (Phi) is 7.62. The van der Waals surface area contributed by atoms with E-state index in [1.807, 2.05) is 0 Å². The van der Waals surface area contributed by atoms with Crippen LogP contribution < -0.4 is 18.9 Å². The largest absolute Gasteiger partial charge is 0.497 e. The van der Waals surface area contributed by atoms with Gasteiger partial charge < -0.3 is 14.2 Å². The normalized spacial score (nSPS) is 11.3. The molecule has 2 aromatic carbocycles. The molecule has 0 saturated heterocycles. The zero-order chi connectivity index (χ0) is 25.5. The van der Waals surface area contributed by atoms with Gasteiger partial charge in [-0.05, 0) is 42.0 Å². The van der Waals surface area contributed by atoms with Crippen LogP contribution >= 0.6 is 11.6 Å². The first-order valence-corrected chi connectivity index (χ1v) is 12.3. The van der Waals surface area contributed by atoms with E-state index in [-0.39, 0.29) is 34.1 Å². The zero-order valence-electron chi connectivity index (χ0n) is 19.1. The highest BCUT2D eigenvalue weighted by atomic mass is 35.5. The molecule has 0 saturated carbocycles. The first-order chi connectivity index (χ1) is 17.4. The number of hydrogen-bond donors (Lipinski definition) is 1. The molecule has 2 aromatic heterocycles. The minimum absolute atomic E-state index is 0.00445. The molecule has 0 aliphatic heterocycles. The Morgan fingerprint density at radius 2 is 1.56 bits per heavy atom. The molecule has 0 unspecified atom stereocenters. The van der Waals surface area contributed by atoms with Gasteiger partial charge in [-0.25, -0.2) is 28.4 Å². The third-order valence-corrected chi connectivity index (χ3v) is 5.89. The summed E-state index contributed by atoms with van der Waals surface area (Å²) in [4.78, 5) is 16.7. The number of nitrogens with zero attached hydrogens (tertiary/aromatic N) is 4. The predicted molar refractivity (Wildman–Crippen MR) is 136 cm³/mol. The lowest BCUT2D eigenvalue weighted by atomic mass is 10.2. The number of anilines is 1. The van der Waals surface area contributed by atoms with Gasteiger partial charge in [-0.3, -0.25) is 4.72 Å². The van der Waals surface area contributed by atoms with E-state index >= 15 is 0 Å². The van der Waals surface area contributed by atoms with E-state index < -0.39 is 10.0 Å². The van der Waals surface area contributed by atoms with Crippen LogP contribution in [0.5, 0.6) is 23.0 Å². The molecule has 0 aliphatic carbocycles. The van der Waals surface area contributed by atoms with Crippen molar-refractivity contribution in [3.63, 3.8) is 0 Å². The summed E-state index contributed by atoms with van der Waals surface area (Å²) in [6.07, 6.45) is 4.42. The van der Waals surface area contributed by atoms with Crippen LogP contribution in [0.3, 0.4) is 0 Å². The monoisotopic (exact) mass is 525 g/mol. The topological polar surface area (TPSA) is 125 Å². The summed E-state index contributed by atoms with van der Waals surface area (Å²) in [6, 6.07) is 15.3. The van der Waals surface area contributed by atoms with Gasteiger partial charge in [0.1, 0.15) is 5.75 Å². The van der Waals surface area contributed by atoms with Crippen molar-refractivity contribution in [2.45, 2.75) is 0 Å². The van der Waals surface area contributed by atoms with Crippen molar-refractivity contribution < 1.29 is 22.6 Å². The Morgan fingerprint density at radius 3 is 2.22 bits per heavy atom. The van der Waals surface area contributed by atoms with Crippen molar-refractivity contribution in [3.05, 3.63) is 83.1 Å². The van der Waals surface area contributed by atoms with Crippen molar-refractivity contribution in [2.24, 2.45) is 0 Å². The second-order valence-corrected chi connectivity index (χ2v) is 8.99. The smallest absolute Gasteiger partial charge is 0.256 e. The standard InChI is InChI=1S/C24H20ClN5O5S/c1-33-17-10-8-16(9-11-17)12-15-36(31,32)30-22-20(35-19-7-4-3-6-18(19)34-2)21(25)28-24(29-22)23-26-13-5-14-27-23/h3-15H,1-2H3,(H,28,29,30)/b15-12+. The molecule has 4 aromatic rings. The van der Waals surface area contributed by atoms with Crippen molar-refractivity contribution in [1.29, 1.82) is 0 Å². The third kappa shape index (κ3) is 6.06. The number of halogens is 1. The quantitative estimate of drug-likeness (QED) is 0.306. The highest BCUT2D eigenvalue weighted by molar-refractivity contribution is 7.95. The second kappa shape index (κ2) is 11.0. The lowest BCUT2D eigenvalue weighted by Crippen LogP contribution is -2.13. The van der Waals surface area contributed by atoms with Gasteiger partial charge in [0.25, 0.3) is 10.0 Å². The van der Waals surface area contributed by atoms with Gasteiger partial charge in [-0.1, -0.05) is 35.9 Å². The number of hydrogen-bond acceptors (Lipinski definition) is 9. The van der Waals surface area contributed by atoms with Crippen LogP contribution in [0.25, 0.3) is 17.7 Å². The van der Waals surface area contributed by atoms with E-state index in [2.05, 4.69) is 24.7 Å². The second-order valence-electron chi connectivity index (χ2n) is 7.06. The van der Waals surface area contributed by atoms with Crippen LogP contribution in [0.1, 0.15) is 5.56 Å². The average molecular weight is 526 g/mol. The van der Waals surface area contributed by atoms with Gasteiger partial charge in [0.05, 0.1) is 19.6 Å². The van der Waals surface area contributed by atoms with Gasteiger partial charge in [-0.15, -0.1) is 0 Å². The lowest BCUT2D eigenvalue weighted by molar-refractivity contribution is 0.378. The molecule has 1 N–H and O–H groups in total. The van der Waals surface area contributed by atoms with Gasteiger partial charge in [0.15, 0.2) is 28.3 Å². The molecular weight excluding hydrogens is 506 g/mol. The summed E-state index contributed by atoms with van der Waals surface area (Å²) in [5, 5.41) is 0.839. The fourth-order valence-electron chi connectivity index (χ4n) is 2.96. The number of benzene rings is 2. The average Bonchev–Trinajstić information content (AvgIpc) is 2.90. The lowest BCUT2D eigenvalue weighted by Gasteiger charge is -2.15. The molecule has 10 nitrogen and oxygen atoms in total. The zero-order valence-corrected chi connectivity index (χ0v) is 20.7.